The molecule has 0 saturated carbocycles. The first-order valence-electron chi connectivity index (χ1n) is 7.23. The van der Waals surface area contributed by atoms with E-state index in [-0.39, 0.29) is 5.69 Å². The summed E-state index contributed by atoms with van der Waals surface area (Å²) in [5.41, 5.74) is 3.12. The van der Waals surface area contributed by atoms with Crippen LogP contribution in [0.2, 0.25) is 0 Å². The van der Waals surface area contributed by atoms with Crippen LogP contribution in [0, 0.1) is 25.5 Å². The van der Waals surface area contributed by atoms with Crippen LogP contribution in [0.1, 0.15) is 36.4 Å². The third-order valence-corrected chi connectivity index (χ3v) is 3.66. The summed E-state index contributed by atoms with van der Waals surface area (Å²) in [5, 5.41) is 7.34. The second kappa shape index (κ2) is 6.35. The summed E-state index contributed by atoms with van der Waals surface area (Å²) in [6.07, 6.45) is 0.791. The Balaban J connectivity index is 2.50. The van der Waals surface area contributed by atoms with Crippen LogP contribution in [0.4, 0.5) is 8.78 Å². The smallest absolute Gasteiger partial charge is 0.152 e. The fourth-order valence-electron chi connectivity index (χ4n) is 2.60. The topological polar surface area (TPSA) is 29.9 Å². The van der Waals surface area contributed by atoms with Gasteiger partial charge in [0.15, 0.2) is 11.6 Å². The average Bonchev–Trinajstić information content (AvgIpc) is 2.70. The first-order chi connectivity index (χ1) is 9.99. The molecule has 0 aliphatic heterocycles. The maximum atomic E-state index is 14.3. The fraction of sp³-hybridized carbons (Fsp3) is 0.438. The molecule has 0 unspecified atom stereocenters. The van der Waals surface area contributed by atoms with Gasteiger partial charge in [-0.2, -0.15) is 5.10 Å². The second-order valence-corrected chi connectivity index (χ2v) is 5.10. The summed E-state index contributed by atoms with van der Waals surface area (Å²) in [6.45, 7) is 8.85. The Morgan fingerprint density at radius 3 is 2.24 bits per heavy atom. The third kappa shape index (κ3) is 2.97. The molecule has 0 fully saturated rings. The highest BCUT2D eigenvalue weighted by Gasteiger charge is 2.18. The molecule has 0 atom stereocenters. The highest BCUT2D eigenvalue weighted by Crippen LogP contribution is 2.24. The van der Waals surface area contributed by atoms with E-state index in [9.17, 15) is 8.78 Å². The Hall–Kier alpha value is -1.75. The summed E-state index contributed by atoms with van der Waals surface area (Å²) in [4.78, 5) is 0. The molecule has 0 amide bonds. The molecule has 1 aromatic heterocycles. The third-order valence-electron chi connectivity index (χ3n) is 3.66. The van der Waals surface area contributed by atoms with E-state index in [4.69, 9.17) is 0 Å². The van der Waals surface area contributed by atoms with Gasteiger partial charge in [0.25, 0.3) is 0 Å². The molecular weight excluding hydrogens is 272 g/mol. The van der Waals surface area contributed by atoms with Crippen molar-refractivity contribution in [3.63, 3.8) is 0 Å². The lowest BCUT2D eigenvalue weighted by atomic mass is 10.1. The Morgan fingerprint density at radius 1 is 1.14 bits per heavy atom. The van der Waals surface area contributed by atoms with Crippen molar-refractivity contribution in [1.29, 1.82) is 0 Å². The number of aromatic nitrogens is 2. The highest BCUT2D eigenvalue weighted by molar-refractivity contribution is 5.41. The molecule has 5 heteroatoms. The SMILES string of the molecule is CCNCc1cc(F)c(-n2nc(C)c(CC)c2C)c(F)c1. The van der Waals surface area contributed by atoms with E-state index in [2.05, 4.69) is 10.4 Å². The Kier molecular flexibility index (Phi) is 4.73. The molecule has 0 aliphatic rings. The van der Waals surface area contributed by atoms with Gasteiger partial charge in [-0.05, 0) is 50.1 Å². The molecule has 0 saturated heterocycles. The molecule has 0 bridgehead atoms. The molecule has 3 nitrogen and oxygen atoms in total. The van der Waals surface area contributed by atoms with Crippen LogP contribution < -0.4 is 5.32 Å². The molecule has 21 heavy (non-hydrogen) atoms. The van der Waals surface area contributed by atoms with Gasteiger partial charge in [-0.1, -0.05) is 13.8 Å². The minimum Gasteiger partial charge on any atom is -0.313 e. The van der Waals surface area contributed by atoms with Gasteiger partial charge in [0.05, 0.1) is 5.69 Å². The predicted octanol–water partition coefficient (Wildman–Crippen LogP) is 3.44. The van der Waals surface area contributed by atoms with Crippen molar-refractivity contribution < 1.29 is 8.78 Å². The lowest BCUT2D eigenvalue weighted by Gasteiger charge is -2.10. The molecule has 1 aromatic carbocycles. The lowest BCUT2D eigenvalue weighted by molar-refractivity contribution is 0.551. The summed E-state index contributed by atoms with van der Waals surface area (Å²) in [7, 11) is 0. The zero-order chi connectivity index (χ0) is 15.6. The van der Waals surface area contributed by atoms with E-state index >= 15 is 0 Å². The molecule has 1 N–H and O–H groups in total. The Labute approximate surface area is 124 Å². The van der Waals surface area contributed by atoms with Gasteiger partial charge < -0.3 is 5.32 Å². The first-order valence-corrected chi connectivity index (χ1v) is 7.23. The number of hydrogen-bond acceptors (Lipinski definition) is 2. The van der Waals surface area contributed by atoms with E-state index in [1.807, 2.05) is 27.7 Å². The number of aryl methyl sites for hydroxylation is 1. The summed E-state index contributed by atoms with van der Waals surface area (Å²) >= 11 is 0. The average molecular weight is 293 g/mol. The minimum absolute atomic E-state index is 0.101. The lowest BCUT2D eigenvalue weighted by Crippen LogP contribution is -2.13. The van der Waals surface area contributed by atoms with Crippen molar-refractivity contribution in [2.24, 2.45) is 0 Å². The first kappa shape index (κ1) is 15.6. The van der Waals surface area contributed by atoms with Gasteiger partial charge in [-0.15, -0.1) is 0 Å². The maximum absolute atomic E-state index is 14.3. The van der Waals surface area contributed by atoms with Gasteiger partial charge in [-0.25, -0.2) is 13.5 Å². The Morgan fingerprint density at radius 2 is 1.76 bits per heavy atom. The standard InChI is InChI=1S/C16H21F2N3/c1-5-13-10(3)20-21(11(13)4)16-14(17)7-12(8-15(16)18)9-19-6-2/h7-8,19H,5-6,9H2,1-4H3. The monoisotopic (exact) mass is 293 g/mol. The molecule has 0 aliphatic carbocycles. The van der Waals surface area contributed by atoms with Crippen LogP contribution in [0.3, 0.4) is 0 Å². The van der Waals surface area contributed by atoms with Crippen LogP contribution in [-0.4, -0.2) is 16.3 Å². The van der Waals surface area contributed by atoms with Crippen LogP contribution in [0.25, 0.3) is 5.69 Å². The van der Waals surface area contributed by atoms with Crippen LogP contribution in [0.15, 0.2) is 12.1 Å². The number of nitrogens with zero attached hydrogens (tertiary/aromatic N) is 2. The minimum atomic E-state index is -0.587. The van der Waals surface area contributed by atoms with E-state index in [0.29, 0.717) is 12.1 Å². The predicted molar refractivity (Wildman–Crippen MR) is 79.7 cm³/mol. The van der Waals surface area contributed by atoms with E-state index < -0.39 is 11.6 Å². The molecule has 0 spiro atoms. The molecule has 2 aromatic rings. The van der Waals surface area contributed by atoms with Crippen LogP contribution in [0.5, 0.6) is 0 Å². The summed E-state index contributed by atoms with van der Waals surface area (Å²) in [5.74, 6) is -1.17. The largest absolute Gasteiger partial charge is 0.313 e. The number of halogens is 2. The molecular formula is C16H21F2N3. The number of nitrogens with one attached hydrogen (secondary N) is 1. The van der Waals surface area contributed by atoms with Gasteiger partial charge in [0.2, 0.25) is 0 Å². The van der Waals surface area contributed by atoms with E-state index in [1.54, 1.807) is 0 Å². The zero-order valence-electron chi connectivity index (χ0n) is 12.9. The van der Waals surface area contributed by atoms with Crippen molar-refractivity contribution in [2.45, 2.75) is 40.7 Å². The summed E-state index contributed by atoms with van der Waals surface area (Å²) < 4.78 is 30.0. The highest BCUT2D eigenvalue weighted by atomic mass is 19.1. The molecule has 114 valence electrons. The fourth-order valence-corrected chi connectivity index (χ4v) is 2.60. The molecule has 2 rings (SSSR count). The van der Waals surface area contributed by atoms with E-state index in [0.717, 1.165) is 29.9 Å². The van der Waals surface area contributed by atoms with E-state index in [1.165, 1.54) is 16.8 Å². The maximum Gasteiger partial charge on any atom is 0.152 e. The number of benzene rings is 1. The number of rotatable bonds is 5. The number of hydrogen-bond donors (Lipinski definition) is 1. The van der Waals surface area contributed by atoms with Gasteiger partial charge in [-0.3, -0.25) is 0 Å². The Bertz CT molecular complexity index is 624. The molecule has 1 heterocycles. The van der Waals surface area contributed by atoms with Crippen molar-refractivity contribution in [3.8, 4) is 5.69 Å². The summed E-state index contributed by atoms with van der Waals surface area (Å²) in [6, 6.07) is 2.73. The quantitative estimate of drug-likeness (QED) is 0.915. The van der Waals surface area contributed by atoms with Crippen molar-refractivity contribution in [1.82, 2.24) is 15.1 Å². The van der Waals surface area contributed by atoms with Crippen LogP contribution >= 0.6 is 0 Å². The van der Waals surface area contributed by atoms with Crippen LogP contribution in [-0.2, 0) is 13.0 Å². The van der Waals surface area contributed by atoms with Gasteiger partial charge in [0, 0.05) is 12.2 Å². The van der Waals surface area contributed by atoms with Crippen molar-refractivity contribution >= 4 is 0 Å². The zero-order valence-corrected chi connectivity index (χ0v) is 12.9. The molecule has 0 radical (unpaired) electrons. The normalized spacial score (nSPS) is 11.1. The van der Waals surface area contributed by atoms with Gasteiger partial charge in [0.1, 0.15) is 5.69 Å². The second-order valence-electron chi connectivity index (χ2n) is 5.10. The van der Waals surface area contributed by atoms with Crippen molar-refractivity contribution in [3.05, 3.63) is 46.3 Å². The van der Waals surface area contributed by atoms with Gasteiger partial charge >= 0.3 is 0 Å². The van der Waals surface area contributed by atoms with Crippen molar-refractivity contribution in [2.75, 3.05) is 6.54 Å².